The number of carbonyl (C=O) groups is 2. The topological polar surface area (TPSA) is 102 Å². The molecule has 0 saturated carbocycles. The maximum Gasteiger partial charge on any atom is 0.263 e. The van der Waals surface area contributed by atoms with Crippen LogP contribution in [0.2, 0.25) is 0 Å². The number of aromatic nitrogens is 4. The molecule has 0 atom stereocenters. The molecule has 3 heterocycles. The number of carbonyl (C=O) groups excluding carboxylic acids is 2. The Morgan fingerprint density at radius 3 is 2.90 bits per heavy atom. The molecule has 1 N–H and O–H groups in total. The van der Waals surface area contributed by atoms with Crippen molar-refractivity contribution in [2.45, 2.75) is 19.4 Å². The highest BCUT2D eigenvalue weighted by molar-refractivity contribution is 7.17. The van der Waals surface area contributed by atoms with Gasteiger partial charge in [0.1, 0.15) is 4.88 Å². The predicted octanol–water partition coefficient (Wildman–Crippen LogP) is 1.78. The Kier molecular flexibility index (Phi) is 8.04. The maximum absolute atomic E-state index is 12.8. The summed E-state index contributed by atoms with van der Waals surface area (Å²) in [7, 11) is 1.58. The van der Waals surface area contributed by atoms with Gasteiger partial charge in [-0.3, -0.25) is 19.5 Å². The van der Waals surface area contributed by atoms with Crippen molar-refractivity contribution in [2.24, 2.45) is 0 Å². The monoisotopic (exact) mass is 428 g/mol. The Morgan fingerprint density at radius 1 is 1.27 bits per heavy atom. The standard InChI is InChI=1S/C20H24N6O3S/c1-29-12-11-26(18(27)13-16-5-2-3-6-22-16)20-24-14-17(30-20)19(28)23-7-4-9-25-10-8-21-15-25/h2-3,5-6,8,10,14-15H,4,7,9,11-13H2,1H3,(H,23,28). The van der Waals surface area contributed by atoms with Crippen molar-refractivity contribution in [2.75, 3.05) is 31.7 Å². The Balaban J connectivity index is 1.58. The van der Waals surface area contributed by atoms with Gasteiger partial charge in [-0.1, -0.05) is 17.4 Å². The SMILES string of the molecule is COCCN(C(=O)Cc1ccccn1)c1ncc(C(=O)NCCCn2ccnc2)s1. The molecular formula is C20H24N6O3S. The van der Waals surface area contributed by atoms with Crippen LogP contribution in [0.5, 0.6) is 0 Å². The van der Waals surface area contributed by atoms with Gasteiger partial charge >= 0.3 is 0 Å². The lowest BCUT2D eigenvalue weighted by Gasteiger charge is -2.19. The highest BCUT2D eigenvalue weighted by atomic mass is 32.1. The Bertz CT molecular complexity index is 929. The zero-order valence-corrected chi connectivity index (χ0v) is 17.5. The number of hydrogen-bond donors (Lipinski definition) is 1. The third-order valence-corrected chi connectivity index (χ3v) is 5.28. The van der Waals surface area contributed by atoms with Crippen LogP contribution >= 0.6 is 11.3 Å². The number of ether oxygens (including phenoxy) is 1. The summed E-state index contributed by atoms with van der Waals surface area (Å²) in [5.41, 5.74) is 0.678. The predicted molar refractivity (Wildman–Crippen MR) is 113 cm³/mol. The molecule has 9 nitrogen and oxygen atoms in total. The van der Waals surface area contributed by atoms with E-state index in [0.717, 1.165) is 13.0 Å². The van der Waals surface area contributed by atoms with Gasteiger partial charge in [-0.25, -0.2) is 9.97 Å². The van der Waals surface area contributed by atoms with Crippen molar-refractivity contribution in [3.63, 3.8) is 0 Å². The molecule has 0 spiro atoms. The highest BCUT2D eigenvalue weighted by Gasteiger charge is 2.21. The van der Waals surface area contributed by atoms with E-state index in [1.165, 1.54) is 17.5 Å². The summed E-state index contributed by atoms with van der Waals surface area (Å²) >= 11 is 1.18. The van der Waals surface area contributed by atoms with E-state index in [-0.39, 0.29) is 18.2 Å². The van der Waals surface area contributed by atoms with E-state index in [0.29, 0.717) is 35.4 Å². The van der Waals surface area contributed by atoms with Crippen LogP contribution in [0.1, 0.15) is 21.8 Å². The minimum absolute atomic E-state index is 0.146. The first-order chi connectivity index (χ1) is 14.7. The lowest BCUT2D eigenvalue weighted by molar-refractivity contribution is -0.118. The fourth-order valence-corrected chi connectivity index (χ4v) is 3.60. The largest absolute Gasteiger partial charge is 0.383 e. The minimum Gasteiger partial charge on any atom is -0.383 e. The molecule has 0 aliphatic carbocycles. The van der Waals surface area contributed by atoms with Crippen LogP contribution in [-0.4, -0.2) is 58.1 Å². The number of pyridine rings is 1. The molecule has 158 valence electrons. The van der Waals surface area contributed by atoms with Crippen molar-refractivity contribution in [3.05, 3.63) is 59.9 Å². The molecule has 3 rings (SSSR count). The van der Waals surface area contributed by atoms with Crippen molar-refractivity contribution in [3.8, 4) is 0 Å². The van der Waals surface area contributed by atoms with Crippen LogP contribution < -0.4 is 10.2 Å². The normalized spacial score (nSPS) is 10.7. The second-order valence-electron chi connectivity index (χ2n) is 6.45. The summed E-state index contributed by atoms with van der Waals surface area (Å²) in [5.74, 6) is -0.347. The number of hydrogen-bond acceptors (Lipinski definition) is 7. The van der Waals surface area contributed by atoms with Crippen molar-refractivity contribution in [1.29, 1.82) is 0 Å². The molecule has 3 aromatic heterocycles. The van der Waals surface area contributed by atoms with Crippen molar-refractivity contribution < 1.29 is 14.3 Å². The van der Waals surface area contributed by atoms with Crippen LogP contribution in [0.4, 0.5) is 5.13 Å². The smallest absolute Gasteiger partial charge is 0.263 e. The van der Waals surface area contributed by atoms with Gasteiger partial charge in [0, 0.05) is 44.5 Å². The molecule has 0 unspecified atom stereocenters. The van der Waals surface area contributed by atoms with Crippen LogP contribution in [0.15, 0.2) is 49.3 Å². The molecular weight excluding hydrogens is 404 g/mol. The number of aryl methyl sites for hydroxylation is 1. The summed E-state index contributed by atoms with van der Waals surface area (Å²) in [4.78, 5) is 39.7. The van der Waals surface area contributed by atoms with Crippen LogP contribution in [-0.2, 0) is 22.5 Å². The first-order valence-corrected chi connectivity index (χ1v) is 10.4. The molecule has 3 aromatic rings. The summed E-state index contributed by atoms with van der Waals surface area (Å²) in [6.45, 7) is 2.03. The van der Waals surface area contributed by atoms with Gasteiger partial charge in [-0.2, -0.15) is 0 Å². The highest BCUT2D eigenvalue weighted by Crippen LogP contribution is 2.23. The third kappa shape index (κ3) is 6.19. The molecule has 0 fully saturated rings. The van der Waals surface area contributed by atoms with Gasteiger partial charge in [0.15, 0.2) is 5.13 Å². The molecule has 0 bridgehead atoms. The number of methoxy groups -OCH3 is 1. The van der Waals surface area contributed by atoms with E-state index in [1.807, 2.05) is 16.8 Å². The van der Waals surface area contributed by atoms with Crippen LogP contribution in [0.3, 0.4) is 0 Å². The number of thiazole rings is 1. The first kappa shape index (κ1) is 21.6. The van der Waals surface area contributed by atoms with Gasteiger partial charge in [0.05, 0.1) is 32.1 Å². The molecule has 30 heavy (non-hydrogen) atoms. The van der Waals surface area contributed by atoms with E-state index in [1.54, 1.807) is 42.9 Å². The van der Waals surface area contributed by atoms with Crippen molar-refractivity contribution in [1.82, 2.24) is 24.8 Å². The van der Waals surface area contributed by atoms with Gasteiger partial charge in [-0.15, -0.1) is 0 Å². The zero-order chi connectivity index (χ0) is 21.2. The molecule has 0 aromatic carbocycles. The summed E-state index contributed by atoms with van der Waals surface area (Å²) in [5, 5.41) is 3.35. The minimum atomic E-state index is -0.201. The molecule has 0 aliphatic rings. The molecule has 0 saturated heterocycles. The molecule has 10 heteroatoms. The number of nitrogens with zero attached hydrogens (tertiary/aromatic N) is 5. The fourth-order valence-electron chi connectivity index (χ4n) is 2.73. The maximum atomic E-state index is 12.8. The van der Waals surface area contributed by atoms with Crippen LogP contribution in [0, 0.1) is 0 Å². The number of rotatable bonds is 11. The Hall–Kier alpha value is -3.11. The molecule has 0 aliphatic heterocycles. The number of imidazole rings is 1. The lowest BCUT2D eigenvalue weighted by atomic mass is 10.2. The average Bonchev–Trinajstić information content (AvgIpc) is 3.45. The van der Waals surface area contributed by atoms with Crippen LogP contribution in [0.25, 0.3) is 0 Å². The quantitative estimate of drug-likeness (QED) is 0.467. The zero-order valence-electron chi connectivity index (χ0n) is 16.7. The van der Waals surface area contributed by atoms with Gasteiger partial charge in [0.2, 0.25) is 5.91 Å². The summed E-state index contributed by atoms with van der Waals surface area (Å²) in [6, 6.07) is 5.45. The Morgan fingerprint density at radius 2 is 2.17 bits per heavy atom. The first-order valence-electron chi connectivity index (χ1n) is 9.56. The van der Waals surface area contributed by atoms with E-state index < -0.39 is 0 Å². The van der Waals surface area contributed by atoms with E-state index >= 15 is 0 Å². The summed E-state index contributed by atoms with van der Waals surface area (Å²) in [6.07, 6.45) is 9.44. The number of nitrogens with one attached hydrogen (secondary N) is 1. The average molecular weight is 429 g/mol. The fraction of sp³-hybridized carbons (Fsp3) is 0.350. The van der Waals surface area contributed by atoms with Gasteiger partial charge in [-0.05, 0) is 18.6 Å². The lowest BCUT2D eigenvalue weighted by Crippen LogP contribution is -2.35. The Labute approximate surface area is 178 Å². The van der Waals surface area contributed by atoms with E-state index in [4.69, 9.17) is 4.74 Å². The van der Waals surface area contributed by atoms with E-state index in [9.17, 15) is 9.59 Å². The van der Waals surface area contributed by atoms with Crippen molar-refractivity contribution >= 4 is 28.3 Å². The van der Waals surface area contributed by atoms with E-state index in [2.05, 4.69) is 20.3 Å². The third-order valence-electron chi connectivity index (χ3n) is 4.26. The second kappa shape index (κ2) is 11.2. The van der Waals surface area contributed by atoms with Gasteiger partial charge in [0.25, 0.3) is 5.91 Å². The second-order valence-corrected chi connectivity index (χ2v) is 7.46. The summed E-state index contributed by atoms with van der Waals surface area (Å²) < 4.78 is 7.08. The number of amides is 2. The number of anilines is 1. The van der Waals surface area contributed by atoms with Gasteiger partial charge < -0.3 is 14.6 Å². The molecule has 0 radical (unpaired) electrons. The molecule has 2 amide bonds.